The van der Waals surface area contributed by atoms with E-state index in [1.54, 1.807) is 12.1 Å². The molecule has 3 aromatic carbocycles. The predicted molar refractivity (Wildman–Crippen MR) is 135 cm³/mol. The molecule has 0 spiro atoms. The molecule has 1 aromatic heterocycles. The van der Waals surface area contributed by atoms with E-state index >= 15 is 0 Å². The highest BCUT2D eigenvalue weighted by molar-refractivity contribution is 5.94. The van der Waals surface area contributed by atoms with E-state index in [1.807, 2.05) is 53.2 Å². The molecule has 1 amide bonds. The highest BCUT2D eigenvalue weighted by Gasteiger charge is 2.25. The second-order valence-electron chi connectivity index (χ2n) is 8.74. The zero-order chi connectivity index (χ0) is 25.6. The third kappa shape index (κ3) is 5.73. The van der Waals surface area contributed by atoms with Crippen LogP contribution in [0.3, 0.4) is 0 Å². The van der Waals surface area contributed by atoms with E-state index in [1.165, 1.54) is 6.07 Å². The summed E-state index contributed by atoms with van der Waals surface area (Å²) in [5.41, 5.74) is 3.38. The lowest BCUT2D eigenvalue weighted by Crippen LogP contribution is -2.26. The summed E-state index contributed by atoms with van der Waals surface area (Å²) in [5.74, 6) is 0.192. The number of carbonyl (C=O) groups excluding carboxylic acids is 1. The number of rotatable bonds is 10. The van der Waals surface area contributed by atoms with Crippen molar-refractivity contribution in [2.45, 2.75) is 32.3 Å². The van der Waals surface area contributed by atoms with Gasteiger partial charge in [0, 0.05) is 29.5 Å². The number of fused-ring (bicyclic) bond motifs is 1. The lowest BCUT2D eigenvalue weighted by Gasteiger charge is -2.27. The van der Waals surface area contributed by atoms with Crippen molar-refractivity contribution in [1.82, 2.24) is 15.1 Å². The molecule has 0 bridgehead atoms. The zero-order valence-corrected chi connectivity index (χ0v) is 20.2. The van der Waals surface area contributed by atoms with Crippen molar-refractivity contribution >= 4 is 17.0 Å². The van der Waals surface area contributed by atoms with Gasteiger partial charge in [0.15, 0.2) is 6.23 Å². The molecule has 37 heavy (non-hydrogen) atoms. The number of hydrogen-bond acceptors (Lipinski definition) is 6. The van der Waals surface area contributed by atoms with Crippen LogP contribution in [0, 0.1) is 5.82 Å². The Morgan fingerprint density at radius 1 is 1.16 bits per heavy atom. The molecule has 0 aliphatic carbocycles. The molecule has 5 rings (SSSR count). The molecule has 1 saturated heterocycles. The Morgan fingerprint density at radius 3 is 2.76 bits per heavy atom. The molecule has 192 valence electrons. The van der Waals surface area contributed by atoms with Crippen molar-refractivity contribution in [2.24, 2.45) is 0 Å². The molecule has 1 atom stereocenters. The molecule has 2 N–H and O–H groups in total. The van der Waals surface area contributed by atoms with Crippen LogP contribution in [0.5, 0.6) is 5.75 Å². The van der Waals surface area contributed by atoms with Crippen LogP contribution in [0.2, 0.25) is 0 Å². The van der Waals surface area contributed by atoms with Gasteiger partial charge in [0.1, 0.15) is 23.9 Å². The number of hydrogen-bond donors (Lipinski definition) is 2. The molecule has 1 fully saturated rings. The molecule has 0 radical (unpaired) electrons. The van der Waals surface area contributed by atoms with E-state index in [2.05, 4.69) is 5.32 Å². The van der Waals surface area contributed by atoms with Crippen molar-refractivity contribution in [3.63, 3.8) is 0 Å². The number of amides is 1. The number of aliphatic hydroxyl groups excluding tert-OH is 1. The molecule has 2 heterocycles. The highest BCUT2D eigenvalue weighted by Crippen LogP contribution is 2.35. The summed E-state index contributed by atoms with van der Waals surface area (Å²) in [7, 11) is 0. The number of aliphatic hydroxyl groups is 1. The van der Waals surface area contributed by atoms with Gasteiger partial charge in [-0.1, -0.05) is 30.3 Å². The number of alkyl carbamates (subject to hydrolysis) is 1. The third-order valence-electron chi connectivity index (χ3n) is 6.19. The van der Waals surface area contributed by atoms with E-state index in [9.17, 15) is 14.3 Å². The van der Waals surface area contributed by atoms with Crippen molar-refractivity contribution in [2.75, 3.05) is 19.8 Å². The number of nitrogens with zero attached hydrogens (tertiary/aromatic N) is 2. The van der Waals surface area contributed by atoms with Crippen LogP contribution in [0.4, 0.5) is 9.18 Å². The molecule has 9 heteroatoms. The lowest BCUT2D eigenvalue weighted by atomic mass is 10.0. The summed E-state index contributed by atoms with van der Waals surface area (Å²) in [6.07, 6.45) is 0.842. The number of carbonyl (C=O) groups is 1. The second-order valence-corrected chi connectivity index (χ2v) is 8.74. The first-order valence-corrected chi connectivity index (χ1v) is 12.2. The Balaban J connectivity index is 1.22. The molecule has 0 saturated carbocycles. The van der Waals surface area contributed by atoms with Crippen LogP contribution in [0.15, 0.2) is 66.7 Å². The monoisotopic (exact) mass is 505 g/mol. The summed E-state index contributed by atoms with van der Waals surface area (Å²) in [6, 6.07) is 19.8. The average molecular weight is 506 g/mol. The minimum absolute atomic E-state index is 0.145. The molecule has 1 unspecified atom stereocenters. The van der Waals surface area contributed by atoms with E-state index in [0.29, 0.717) is 43.2 Å². The minimum atomic E-state index is -0.470. The molecule has 8 nitrogen and oxygen atoms in total. The lowest BCUT2D eigenvalue weighted by molar-refractivity contribution is -0.104. The maximum atomic E-state index is 14.0. The number of halogens is 1. The standard InChI is InChI=1S/C28H28FN3O5/c29-24-9-7-20(15-21(24)17-33)27-23-16-22(8-10-25(23)32(31-27)26-11-14-36-26)35-13-4-12-30-28(34)37-18-19-5-2-1-3-6-19/h1-3,5-10,15-16,26,33H,4,11-14,17-18H2,(H,30,34). The molecular weight excluding hydrogens is 477 g/mol. The fraction of sp³-hybridized carbons (Fsp3) is 0.286. The van der Waals surface area contributed by atoms with Gasteiger partial charge >= 0.3 is 6.09 Å². The van der Waals surface area contributed by atoms with E-state index < -0.39 is 18.5 Å². The first kappa shape index (κ1) is 24.7. The van der Waals surface area contributed by atoms with Crippen molar-refractivity contribution in [1.29, 1.82) is 0 Å². The Morgan fingerprint density at radius 2 is 2.00 bits per heavy atom. The summed E-state index contributed by atoms with van der Waals surface area (Å²) in [4.78, 5) is 11.9. The van der Waals surface area contributed by atoms with Crippen LogP contribution in [-0.4, -0.2) is 40.7 Å². The van der Waals surface area contributed by atoms with Crippen molar-refractivity contribution in [3.05, 3.63) is 83.7 Å². The van der Waals surface area contributed by atoms with Crippen LogP contribution in [-0.2, 0) is 22.7 Å². The van der Waals surface area contributed by atoms with Gasteiger partial charge in [0.25, 0.3) is 0 Å². The highest BCUT2D eigenvalue weighted by atomic mass is 19.1. The summed E-state index contributed by atoms with van der Waals surface area (Å²) >= 11 is 0. The predicted octanol–water partition coefficient (Wildman–Crippen LogP) is 4.95. The van der Waals surface area contributed by atoms with Gasteiger partial charge in [0.05, 0.1) is 25.3 Å². The van der Waals surface area contributed by atoms with Crippen LogP contribution < -0.4 is 10.1 Å². The van der Waals surface area contributed by atoms with Gasteiger partial charge in [-0.15, -0.1) is 0 Å². The van der Waals surface area contributed by atoms with Crippen LogP contribution in [0.1, 0.15) is 30.2 Å². The van der Waals surface area contributed by atoms with Gasteiger partial charge in [-0.3, -0.25) is 0 Å². The maximum absolute atomic E-state index is 14.0. The number of nitrogens with one attached hydrogen (secondary N) is 1. The number of benzene rings is 3. The van der Waals surface area contributed by atoms with E-state index in [-0.39, 0.29) is 18.4 Å². The quantitative estimate of drug-likeness (QED) is 0.296. The SMILES string of the molecule is O=C(NCCCOc1ccc2c(c1)c(-c1ccc(F)c(CO)c1)nn2C1CCO1)OCc1ccccc1. The molecule has 1 aliphatic heterocycles. The zero-order valence-electron chi connectivity index (χ0n) is 20.2. The smallest absolute Gasteiger partial charge is 0.407 e. The van der Waals surface area contributed by atoms with Crippen LogP contribution >= 0.6 is 0 Å². The first-order chi connectivity index (χ1) is 18.1. The topological polar surface area (TPSA) is 94.8 Å². The van der Waals surface area contributed by atoms with Crippen LogP contribution in [0.25, 0.3) is 22.2 Å². The third-order valence-corrected chi connectivity index (χ3v) is 6.19. The Kier molecular flexibility index (Phi) is 7.62. The van der Waals surface area contributed by atoms with E-state index in [4.69, 9.17) is 19.3 Å². The Bertz CT molecular complexity index is 1370. The second kappa shape index (κ2) is 11.4. The van der Waals surface area contributed by atoms with Gasteiger partial charge in [-0.2, -0.15) is 5.10 Å². The van der Waals surface area contributed by atoms with Crippen molar-refractivity contribution in [3.8, 4) is 17.0 Å². The molecule has 4 aromatic rings. The van der Waals surface area contributed by atoms with Crippen molar-refractivity contribution < 1.29 is 28.5 Å². The normalized spacial score (nSPS) is 14.8. The molecular formula is C28H28FN3O5. The molecule has 1 aliphatic rings. The van der Waals surface area contributed by atoms with E-state index in [0.717, 1.165) is 22.9 Å². The average Bonchev–Trinajstić information content (AvgIpc) is 3.25. The van der Waals surface area contributed by atoms with Gasteiger partial charge in [-0.25, -0.2) is 13.9 Å². The fourth-order valence-corrected chi connectivity index (χ4v) is 4.13. The Hall–Kier alpha value is -3.95. The number of aromatic nitrogens is 2. The summed E-state index contributed by atoms with van der Waals surface area (Å²) in [6.45, 7) is 1.31. The summed E-state index contributed by atoms with van der Waals surface area (Å²) < 4.78 is 32.6. The van der Waals surface area contributed by atoms with Gasteiger partial charge in [-0.05, 0) is 48.4 Å². The van der Waals surface area contributed by atoms with Gasteiger partial charge in [0.2, 0.25) is 0 Å². The Labute approximate surface area is 213 Å². The summed E-state index contributed by atoms with van der Waals surface area (Å²) in [5, 5.41) is 17.8. The minimum Gasteiger partial charge on any atom is -0.494 e. The largest absolute Gasteiger partial charge is 0.494 e. The fourth-order valence-electron chi connectivity index (χ4n) is 4.13. The van der Waals surface area contributed by atoms with Gasteiger partial charge < -0.3 is 24.6 Å². The first-order valence-electron chi connectivity index (χ1n) is 12.2. The number of ether oxygens (including phenoxy) is 3. The maximum Gasteiger partial charge on any atom is 0.407 e.